The second kappa shape index (κ2) is 9.29. The first kappa shape index (κ1) is 19.2. The van der Waals surface area contributed by atoms with Gasteiger partial charge in [0.2, 0.25) is 0 Å². The van der Waals surface area contributed by atoms with Gasteiger partial charge in [-0.3, -0.25) is 14.4 Å². The normalized spacial score (nSPS) is 11.8. The Balaban J connectivity index is 2.78. The van der Waals surface area contributed by atoms with Gasteiger partial charge in [-0.2, -0.15) is 0 Å². The van der Waals surface area contributed by atoms with Gasteiger partial charge in [-0.15, -0.1) is 0 Å². The van der Waals surface area contributed by atoms with Crippen LogP contribution in [0.25, 0.3) is 6.08 Å². The van der Waals surface area contributed by atoms with Gasteiger partial charge < -0.3 is 14.6 Å². The van der Waals surface area contributed by atoms with E-state index in [1.54, 1.807) is 31.2 Å². The fraction of sp³-hybridized carbons (Fsp3) is 0.278. The molecule has 6 nitrogen and oxygen atoms in total. The molecule has 0 amide bonds. The fourth-order valence-electron chi connectivity index (χ4n) is 1.69. The maximum absolute atomic E-state index is 11.6. The monoisotopic (exact) mass is 332 g/mol. The molecule has 0 spiro atoms. The molecule has 1 aromatic carbocycles. The first-order chi connectivity index (χ1) is 11.4. The molecule has 6 heteroatoms. The minimum atomic E-state index is -0.943. The summed E-state index contributed by atoms with van der Waals surface area (Å²) in [6.45, 7) is 4.87. The van der Waals surface area contributed by atoms with Crippen LogP contribution in [0.1, 0.15) is 18.9 Å². The molecule has 0 saturated heterocycles. The third-order valence-corrected chi connectivity index (χ3v) is 3.14. The second-order valence-corrected chi connectivity index (χ2v) is 5.11. The number of allylic oxidation sites excluding steroid dienone is 2. The molecular formula is C18H20O6. The van der Waals surface area contributed by atoms with E-state index >= 15 is 0 Å². The number of hydrogen-bond acceptors (Lipinski definition) is 5. The lowest BCUT2D eigenvalue weighted by Crippen LogP contribution is -2.18. The molecule has 1 atom stereocenters. The van der Waals surface area contributed by atoms with Gasteiger partial charge in [0.1, 0.15) is 6.61 Å². The van der Waals surface area contributed by atoms with Gasteiger partial charge in [-0.1, -0.05) is 18.7 Å². The smallest absolute Gasteiger partial charge is 0.309 e. The van der Waals surface area contributed by atoms with Crippen LogP contribution in [0.4, 0.5) is 0 Å². The van der Waals surface area contributed by atoms with Crippen molar-refractivity contribution in [3.8, 4) is 11.5 Å². The summed E-state index contributed by atoms with van der Waals surface area (Å²) in [6.07, 6.45) is 3.76. The van der Waals surface area contributed by atoms with E-state index in [1.807, 2.05) is 0 Å². The summed E-state index contributed by atoms with van der Waals surface area (Å²) in [7, 11) is 1.46. The molecule has 1 unspecified atom stereocenters. The second-order valence-electron chi connectivity index (χ2n) is 5.11. The fourth-order valence-corrected chi connectivity index (χ4v) is 1.69. The highest BCUT2D eigenvalue weighted by molar-refractivity contribution is 6.09. The Morgan fingerprint density at radius 2 is 1.96 bits per heavy atom. The Kier molecular flexibility index (Phi) is 7.42. The van der Waals surface area contributed by atoms with E-state index in [-0.39, 0.29) is 24.6 Å². The SMILES string of the molecule is C=CC(=O)CC(=O)C=Cc1ccc(OCC(C)C(=O)O)c(OC)c1. The highest BCUT2D eigenvalue weighted by Crippen LogP contribution is 2.29. The molecule has 0 fully saturated rings. The number of ether oxygens (including phenoxy) is 2. The van der Waals surface area contributed by atoms with E-state index < -0.39 is 11.9 Å². The van der Waals surface area contributed by atoms with Crippen molar-refractivity contribution < 1.29 is 29.0 Å². The molecule has 1 rings (SSSR count). The first-order valence-corrected chi connectivity index (χ1v) is 7.27. The van der Waals surface area contributed by atoms with Crippen LogP contribution < -0.4 is 9.47 Å². The lowest BCUT2D eigenvalue weighted by atomic mass is 10.1. The van der Waals surface area contributed by atoms with Crippen LogP contribution in [0.5, 0.6) is 11.5 Å². The van der Waals surface area contributed by atoms with Crippen molar-refractivity contribution in [2.24, 2.45) is 5.92 Å². The highest BCUT2D eigenvalue weighted by Gasteiger charge is 2.13. The average molecular weight is 332 g/mol. The van der Waals surface area contributed by atoms with Crippen LogP contribution in [0.15, 0.2) is 36.9 Å². The molecule has 0 aliphatic carbocycles. The summed E-state index contributed by atoms with van der Waals surface area (Å²) in [5.74, 6) is -1.41. The van der Waals surface area contributed by atoms with Gasteiger partial charge in [-0.05, 0) is 36.8 Å². The standard InChI is InChI=1S/C18H20O6/c1-4-14(19)10-15(20)7-5-13-6-8-16(17(9-13)23-3)24-11-12(2)18(21)22/h4-9,12H,1,10-11H2,2-3H3,(H,21,22). The van der Waals surface area contributed by atoms with E-state index in [2.05, 4.69) is 6.58 Å². The van der Waals surface area contributed by atoms with E-state index in [9.17, 15) is 14.4 Å². The average Bonchev–Trinajstić information content (AvgIpc) is 2.57. The van der Waals surface area contributed by atoms with Crippen LogP contribution >= 0.6 is 0 Å². The molecule has 0 bridgehead atoms. The number of carbonyl (C=O) groups excluding carboxylic acids is 2. The molecule has 128 valence electrons. The van der Waals surface area contributed by atoms with Gasteiger partial charge in [0.25, 0.3) is 0 Å². The van der Waals surface area contributed by atoms with Gasteiger partial charge in [-0.25, -0.2) is 0 Å². The third kappa shape index (κ3) is 6.08. The van der Waals surface area contributed by atoms with E-state index in [1.165, 1.54) is 13.2 Å². The van der Waals surface area contributed by atoms with E-state index in [4.69, 9.17) is 14.6 Å². The molecule has 0 radical (unpaired) electrons. The zero-order chi connectivity index (χ0) is 18.1. The van der Waals surface area contributed by atoms with Gasteiger partial charge in [0.15, 0.2) is 23.1 Å². The van der Waals surface area contributed by atoms with E-state index in [0.29, 0.717) is 17.1 Å². The van der Waals surface area contributed by atoms with Crippen LogP contribution in [0.2, 0.25) is 0 Å². The molecule has 0 aromatic heterocycles. The quantitative estimate of drug-likeness (QED) is 0.523. The van der Waals surface area contributed by atoms with Crippen molar-refractivity contribution in [3.05, 3.63) is 42.5 Å². The zero-order valence-corrected chi connectivity index (χ0v) is 13.7. The number of aliphatic carboxylic acids is 1. The third-order valence-electron chi connectivity index (χ3n) is 3.14. The minimum Gasteiger partial charge on any atom is -0.493 e. The Hall–Kier alpha value is -2.89. The molecular weight excluding hydrogens is 312 g/mol. The topological polar surface area (TPSA) is 89.9 Å². The van der Waals surface area contributed by atoms with Crippen molar-refractivity contribution in [2.75, 3.05) is 13.7 Å². The molecule has 1 N–H and O–H groups in total. The summed E-state index contributed by atoms with van der Waals surface area (Å²) < 4.78 is 10.7. The number of ketones is 2. The molecule has 0 saturated carbocycles. The maximum atomic E-state index is 11.6. The number of rotatable bonds is 10. The number of benzene rings is 1. The van der Waals surface area contributed by atoms with Crippen LogP contribution in [0, 0.1) is 5.92 Å². The Morgan fingerprint density at radius 1 is 1.25 bits per heavy atom. The molecule has 0 aliphatic rings. The number of carboxylic acids is 1. The first-order valence-electron chi connectivity index (χ1n) is 7.27. The summed E-state index contributed by atoms with van der Waals surface area (Å²) >= 11 is 0. The van der Waals surface area contributed by atoms with Crippen molar-refractivity contribution in [1.82, 2.24) is 0 Å². The predicted molar refractivity (Wildman–Crippen MR) is 89.2 cm³/mol. The van der Waals surface area contributed by atoms with Crippen molar-refractivity contribution in [1.29, 1.82) is 0 Å². The molecule has 1 aromatic rings. The van der Waals surface area contributed by atoms with Crippen molar-refractivity contribution in [2.45, 2.75) is 13.3 Å². The Morgan fingerprint density at radius 3 is 2.54 bits per heavy atom. The van der Waals surface area contributed by atoms with Gasteiger partial charge in [0.05, 0.1) is 19.4 Å². The van der Waals surface area contributed by atoms with E-state index in [0.717, 1.165) is 6.08 Å². The largest absolute Gasteiger partial charge is 0.493 e. The summed E-state index contributed by atoms with van der Waals surface area (Å²) in [6, 6.07) is 4.98. The highest BCUT2D eigenvalue weighted by atomic mass is 16.5. The number of carboxylic acid groups (broad SMARTS) is 1. The number of methoxy groups -OCH3 is 1. The van der Waals surface area contributed by atoms with Crippen LogP contribution in [-0.4, -0.2) is 36.4 Å². The molecule has 24 heavy (non-hydrogen) atoms. The zero-order valence-electron chi connectivity index (χ0n) is 13.7. The lowest BCUT2D eigenvalue weighted by Gasteiger charge is -2.13. The van der Waals surface area contributed by atoms with Crippen molar-refractivity contribution in [3.63, 3.8) is 0 Å². The Bertz CT molecular complexity index is 659. The van der Waals surface area contributed by atoms with Gasteiger partial charge >= 0.3 is 5.97 Å². The van der Waals surface area contributed by atoms with Crippen molar-refractivity contribution >= 4 is 23.6 Å². The summed E-state index contributed by atoms with van der Waals surface area (Å²) in [4.78, 5) is 33.5. The number of carbonyl (C=O) groups is 3. The lowest BCUT2D eigenvalue weighted by molar-refractivity contribution is -0.142. The maximum Gasteiger partial charge on any atom is 0.309 e. The Labute approximate surface area is 140 Å². The molecule has 0 heterocycles. The van der Waals surface area contributed by atoms with Crippen LogP contribution in [-0.2, 0) is 14.4 Å². The van der Waals surface area contributed by atoms with Crippen LogP contribution in [0.3, 0.4) is 0 Å². The number of hydrogen-bond donors (Lipinski definition) is 1. The summed E-state index contributed by atoms with van der Waals surface area (Å²) in [5, 5.41) is 8.85. The minimum absolute atomic E-state index is 0.0169. The van der Waals surface area contributed by atoms with Gasteiger partial charge in [0, 0.05) is 0 Å². The summed E-state index contributed by atoms with van der Waals surface area (Å²) in [5.41, 5.74) is 0.685. The molecule has 0 aliphatic heterocycles. The predicted octanol–water partition coefficient (Wildman–Crippen LogP) is 2.52.